The fourth-order valence-electron chi connectivity index (χ4n) is 5.70. The van der Waals surface area contributed by atoms with Gasteiger partial charge in [0.05, 0.1) is 5.92 Å². The topological polar surface area (TPSA) is 58.4 Å². The van der Waals surface area contributed by atoms with Crippen LogP contribution in [-0.2, 0) is 4.79 Å². The number of carbonyl (C=O) groups is 1. The van der Waals surface area contributed by atoms with Crippen LogP contribution in [0, 0.1) is 17.8 Å². The van der Waals surface area contributed by atoms with E-state index in [1.54, 1.807) is 0 Å². The van der Waals surface area contributed by atoms with Crippen molar-refractivity contribution in [3.8, 4) is 0 Å². The third-order valence-electron chi connectivity index (χ3n) is 7.00. The second-order valence-electron chi connectivity index (χ2n) is 8.19. The fraction of sp³-hybridized carbons (Fsp3) is 0.944. The van der Waals surface area contributed by atoms with Crippen LogP contribution in [-0.4, -0.2) is 42.0 Å². The van der Waals surface area contributed by atoms with Crippen LogP contribution in [0.2, 0.25) is 0 Å². The second kappa shape index (κ2) is 6.12. The minimum atomic E-state index is 0.103. The minimum absolute atomic E-state index is 0.103. The lowest BCUT2D eigenvalue weighted by molar-refractivity contribution is -0.128. The quantitative estimate of drug-likeness (QED) is 0.837. The maximum atomic E-state index is 12.6. The van der Waals surface area contributed by atoms with Gasteiger partial charge in [-0.2, -0.15) is 0 Å². The summed E-state index contributed by atoms with van der Waals surface area (Å²) in [4.78, 5) is 15.3. The third kappa shape index (κ3) is 2.69. The van der Waals surface area contributed by atoms with E-state index in [1.807, 2.05) is 0 Å². The number of piperidine rings is 1. The van der Waals surface area contributed by atoms with Crippen molar-refractivity contribution in [2.24, 2.45) is 23.5 Å². The molecule has 4 heteroatoms. The summed E-state index contributed by atoms with van der Waals surface area (Å²) < 4.78 is 0. The fourth-order valence-corrected chi connectivity index (χ4v) is 5.70. The van der Waals surface area contributed by atoms with Gasteiger partial charge in [-0.15, -0.1) is 0 Å². The molecule has 124 valence electrons. The van der Waals surface area contributed by atoms with Gasteiger partial charge in [0, 0.05) is 31.2 Å². The molecule has 1 saturated heterocycles. The van der Waals surface area contributed by atoms with E-state index in [1.165, 1.54) is 58.0 Å². The smallest absolute Gasteiger partial charge is 0.225 e. The molecule has 4 fully saturated rings. The number of carbonyl (C=O) groups excluding carboxylic acids is 1. The maximum absolute atomic E-state index is 12.6. The first-order valence-corrected chi connectivity index (χ1v) is 9.52. The first kappa shape index (κ1) is 14.9. The molecule has 0 radical (unpaired) electrons. The van der Waals surface area contributed by atoms with Crippen LogP contribution in [0.1, 0.15) is 57.8 Å². The molecule has 4 nitrogen and oxygen atoms in total. The van der Waals surface area contributed by atoms with Crippen LogP contribution in [0.4, 0.5) is 0 Å². The van der Waals surface area contributed by atoms with Gasteiger partial charge in [-0.3, -0.25) is 4.79 Å². The highest BCUT2D eigenvalue weighted by Crippen LogP contribution is 2.47. The minimum Gasteiger partial charge on any atom is -0.353 e. The van der Waals surface area contributed by atoms with E-state index in [4.69, 9.17) is 5.73 Å². The average Bonchev–Trinajstić information content (AvgIpc) is 3.25. The van der Waals surface area contributed by atoms with E-state index in [9.17, 15) is 4.79 Å². The lowest BCUT2D eigenvalue weighted by Gasteiger charge is -2.37. The molecule has 22 heavy (non-hydrogen) atoms. The van der Waals surface area contributed by atoms with E-state index in [0.717, 1.165) is 18.9 Å². The molecule has 3 N–H and O–H groups in total. The van der Waals surface area contributed by atoms with Crippen LogP contribution in [0.25, 0.3) is 0 Å². The van der Waals surface area contributed by atoms with Crippen LogP contribution >= 0.6 is 0 Å². The molecule has 1 amide bonds. The van der Waals surface area contributed by atoms with Crippen LogP contribution < -0.4 is 11.1 Å². The molecule has 3 aliphatic carbocycles. The van der Waals surface area contributed by atoms with Crippen molar-refractivity contribution in [3.63, 3.8) is 0 Å². The van der Waals surface area contributed by atoms with Crippen molar-refractivity contribution in [2.45, 2.75) is 75.9 Å². The number of fused-ring (bicyclic) bond motifs is 2. The molecule has 4 aliphatic rings. The number of hydrogen-bond donors (Lipinski definition) is 2. The first-order valence-electron chi connectivity index (χ1n) is 9.52. The number of nitrogens with two attached hydrogens (primary N) is 1. The zero-order chi connectivity index (χ0) is 15.1. The molecule has 4 rings (SSSR count). The lowest BCUT2D eigenvalue weighted by Crippen LogP contribution is -2.51. The Kier molecular flexibility index (Phi) is 4.16. The molecule has 0 aromatic heterocycles. The van der Waals surface area contributed by atoms with Gasteiger partial charge in [-0.05, 0) is 56.8 Å². The normalized spacial score (nSPS) is 40.4. The zero-order valence-electron chi connectivity index (χ0n) is 13.7. The van der Waals surface area contributed by atoms with E-state index >= 15 is 0 Å². The van der Waals surface area contributed by atoms with Gasteiger partial charge >= 0.3 is 0 Å². The third-order valence-corrected chi connectivity index (χ3v) is 7.00. The van der Waals surface area contributed by atoms with Gasteiger partial charge < -0.3 is 16.0 Å². The molecule has 0 aromatic rings. The van der Waals surface area contributed by atoms with Crippen molar-refractivity contribution < 1.29 is 4.79 Å². The van der Waals surface area contributed by atoms with Gasteiger partial charge in [-0.25, -0.2) is 0 Å². The Labute approximate surface area is 134 Å². The number of nitrogens with zero attached hydrogens (tertiary/aromatic N) is 1. The number of amides is 1. The molecule has 0 aromatic carbocycles. The van der Waals surface area contributed by atoms with E-state index < -0.39 is 0 Å². The van der Waals surface area contributed by atoms with Gasteiger partial charge in [0.25, 0.3) is 0 Å². The Balaban J connectivity index is 1.27. The second-order valence-corrected chi connectivity index (χ2v) is 8.19. The standard InChI is InChI=1S/C18H31N3O/c19-17-13-6-5-12(11-13)16(17)18(22)20-14-7-9-21(10-8-14)15-3-1-2-4-15/h12-17H,1-11,19H2,(H,20,22). The Bertz CT molecular complexity index is 411. The zero-order valence-corrected chi connectivity index (χ0v) is 13.7. The molecule has 2 bridgehead atoms. The van der Waals surface area contributed by atoms with Crippen molar-refractivity contribution in [3.05, 3.63) is 0 Å². The van der Waals surface area contributed by atoms with Crippen molar-refractivity contribution in [1.82, 2.24) is 10.2 Å². The number of hydrogen-bond acceptors (Lipinski definition) is 3. The highest BCUT2D eigenvalue weighted by molar-refractivity contribution is 5.80. The number of rotatable bonds is 3. The van der Waals surface area contributed by atoms with Gasteiger partial charge in [0.15, 0.2) is 0 Å². The Morgan fingerprint density at radius 1 is 0.955 bits per heavy atom. The predicted molar refractivity (Wildman–Crippen MR) is 87.3 cm³/mol. The Morgan fingerprint density at radius 2 is 1.64 bits per heavy atom. The molecule has 1 aliphatic heterocycles. The molecule has 0 spiro atoms. The summed E-state index contributed by atoms with van der Waals surface area (Å²) in [6.45, 7) is 2.33. The Hall–Kier alpha value is -0.610. The summed E-state index contributed by atoms with van der Waals surface area (Å²) in [5, 5.41) is 3.34. The highest BCUT2D eigenvalue weighted by Gasteiger charge is 2.49. The summed E-state index contributed by atoms with van der Waals surface area (Å²) in [6, 6.07) is 1.34. The summed E-state index contributed by atoms with van der Waals surface area (Å²) in [6.07, 6.45) is 11.5. The summed E-state index contributed by atoms with van der Waals surface area (Å²) in [5.41, 5.74) is 6.31. The number of likely N-dealkylation sites (tertiary alicyclic amines) is 1. The summed E-state index contributed by atoms with van der Waals surface area (Å²) >= 11 is 0. The molecule has 1 heterocycles. The molecule has 3 saturated carbocycles. The van der Waals surface area contributed by atoms with Crippen LogP contribution in [0.15, 0.2) is 0 Å². The van der Waals surface area contributed by atoms with E-state index in [-0.39, 0.29) is 17.9 Å². The Morgan fingerprint density at radius 3 is 2.27 bits per heavy atom. The molecular weight excluding hydrogens is 274 g/mol. The molecular formula is C18H31N3O. The van der Waals surface area contributed by atoms with Crippen LogP contribution in [0.5, 0.6) is 0 Å². The van der Waals surface area contributed by atoms with Crippen molar-refractivity contribution >= 4 is 5.91 Å². The summed E-state index contributed by atoms with van der Waals surface area (Å²) in [7, 11) is 0. The SMILES string of the molecule is NC1C2CCC(C2)C1C(=O)NC1CCN(C2CCCC2)CC1. The van der Waals surface area contributed by atoms with E-state index in [0.29, 0.717) is 17.9 Å². The molecule has 4 atom stereocenters. The molecule has 4 unspecified atom stereocenters. The monoisotopic (exact) mass is 305 g/mol. The lowest BCUT2D eigenvalue weighted by atomic mass is 9.84. The first-order chi connectivity index (χ1) is 10.7. The average molecular weight is 305 g/mol. The van der Waals surface area contributed by atoms with Gasteiger partial charge in [0.1, 0.15) is 0 Å². The van der Waals surface area contributed by atoms with Crippen molar-refractivity contribution in [2.75, 3.05) is 13.1 Å². The predicted octanol–water partition coefficient (Wildman–Crippen LogP) is 1.88. The largest absolute Gasteiger partial charge is 0.353 e. The maximum Gasteiger partial charge on any atom is 0.225 e. The number of nitrogens with one attached hydrogen (secondary N) is 1. The van der Waals surface area contributed by atoms with E-state index in [2.05, 4.69) is 10.2 Å². The van der Waals surface area contributed by atoms with Crippen LogP contribution in [0.3, 0.4) is 0 Å². The van der Waals surface area contributed by atoms with Crippen molar-refractivity contribution in [1.29, 1.82) is 0 Å². The van der Waals surface area contributed by atoms with Gasteiger partial charge in [-0.1, -0.05) is 12.8 Å². The highest BCUT2D eigenvalue weighted by atomic mass is 16.2. The van der Waals surface area contributed by atoms with Gasteiger partial charge in [0.2, 0.25) is 5.91 Å². The summed E-state index contributed by atoms with van der Waals surface area (Å²) in [5.74, 6) is 1.55.